The number of para-hydroxylation sites is 1. The number of rotatable bonds is 4. The van der Waals surface area contributed by atoms with Crippen molar-refractivity contribution in [3.8, 4) is 0 Å². The summed E-state index contributed by atoms with van der Waals surface area (Å²) < 4.78 is 9.57. The Labute approximate surface area is 104 Å². The van der Waals surface area contributed by atoms with Crippen molar-refractivity contribution in [2.45, 2.75) is 20.0 Å². The molecule has 1 heterocycles. The molecule has 6 nitrogen and oxygen atoms in total. The van der Waals surface area contributed by atoms with Crippen molar-refractivity contribution in [1.29, 1.82) is 0 Å². The third kappa shape index (κ3) is 2.85. The lowest BCUT2D eigenvalue weighted by Crippen LogP contribution is -2.10. The van der Waals surface area contributed by atoms with E-state index in [1.165, 1.54) is 0 Å². The number of benzene rings is 1. The third-order valence-corrected chi connectivity index (χ3v) is 2.51. The zero-order valence-corrected chi connectivity index (χ0v) is 9.92. The van der Waals surface area contributed by atoms with Crippen molar-refractivity contribution in [2.75, 3.05) is 5.73 Å². The molecule has 0 atom stereocenters. The number of ether oxygens (including phenoxy) is 1. The SMILES string of the molecule is Cc1nonc1COC(=O)Cc1ccccc1N. The summed E-state index contributed by atoms with van der Waals surface area (Å²) in [6.45, 7) is 1.79. The van der Waals surface area contributed by atoms with Gasteiger partial charge < -0.3 is 10.5 Å². The smallest absolute Gasteiger partial charge is 0.310 e. The molecule has 2 N–H and O–H groups in total. The highest BCUT2D eigenvalue weighted by Crippen LogP contribution is 2.12. The number of nitrogens with two attached hydrogens (primary N) is 1. The molecular formula is C12H13N3O3. The average molecular weight is 247 g/mol. The highest BCUT2D eigenvalue weighted by Gasteiger charge is 2.10. The molecule has 0 aliphatic rings. The topological polar surface area (TPSA) is 91.2 Å². The average Bonchev–Trinajstić information content (AvgIpc) is 2.75. The van der Waals surface area contributed by atoms with E-state index in [9.17, 15) is 4.79 Å². The van der Waals surface area contributed by atoms with Gasteiger partial charge in [-0.25, -0.2) is 4.63 Å². The van der Waals surface area contributed by atoms with Gasteiger partial charge in [-0.3, -0.25) is 4.79 Å². The monoisotopic (exact) mass is 247 g/mol. The summed E-state index contributed by atoms with van der Waals surface area (Å²) in [5, 5.41) is 7.22. The number of nitrogen functional groups attached to an aromatic ring is 1. The fourth-order valence-electron chi connectivity index (χ4n) is 1.43. The summed E-state index contributed by atoms with van der Waals surface area (Å²) >= 11 is 0. The lowest BCUT2D eigenvalue weighted by molar-refractivity contribution is -0.144. The van der Waals surface area contributed by atoms with Gasteiger partial charge in [0.05, 0.1) is 6.42 Å². The van der Waals surface area contributed by atoms with Crippen LogP contribution in [0.2, 0.25) is 0 Å². The van der Waals surface area contributed by atoms with Crippen molar-refractivity contribution in [3.05, 3.63) is 41.2 Å². The van der Waals surface area contributed by atoms with Gasteiger partial charge in [-0.15, -0.1) is 0 Å². The van der Waals surface area contributed by atoms with Crippen LogP contribution in [0.3, 0.4) is 0 Å². The Morgan fingerprint density at radius 1 is 1.39 bits per heavy atom. The number of aryl methyl sites for hydroxylation is 1. The largest absolute Gasteiger partial charge is 0.459 e. The molecule has 0 saturated heterocycles. The van der Waals surface area contributed by atoms with E-state index >= 15 is 0 Å². The Morgan fingerprint density at radius 2 is 2.17 bits per heavy atom. The van der Waals surface area contributed by atoms with Gasteiger partial charge in [-0.05, 0) is 18.6 Å². The van der Waals surface area contributed by atoms with Crippen molar-refractivity contribution < 1.29 is 14.2 Å². The summed E-state index contributed by atoms with van der Waals surface area (Å²) in [5.41, 5.74) is 8.19. The van der Waals surface area contributed by atoms with Crippen molar-refractivity contribution >= 4 is 11.7 Å². The number of carbonyl (C=O) groups is 1. The molecule has 0 unspecified atom stereocenters. The number of nitrogens with zero attached hydrogens (tertiary/aromatic N) is 2. The maximum atomic E-state index is 11.6. The minimum absolute atomic E-state index is 0.0565. The second-order valence-corrected chi connectivity index (χ2v) is 3.83. The second-order valence-electron chi connectivity index (χ2n) is 3.83. The molecule has 6 heteroatoms. The number of aromatic nitrogens is 2. The highest BCUT2D eigenvalue weighted by molar-refractivity contribution is 5.74. The first-order valence-corrected chi connectivity index (χ1v) is 5.44. The predicted molar refractivity (Wildman–Crippen MR) is 63.4 cm³/mol. The molecule has 2 aromatic rings. The molecule has 0 bridgehead atoms. The molecule has 1 aromatic heterocycles. The van der Waals surface area contributed by atoms with Crippen LogP contribution in [0.5, 0.6) is 0 Å². The van der Waals surface area contributed by atoms with Crippen LogP contribution >= 0.6 is 0 Å². The van der Waals surface area contributed by atoms with E-state index in [0.717, 1.165) is 5.56 Å². The Bertz CT molecular complexity index is 551. The van der Waals surface area contributed by atoms with E-state index < -0.39 is 0 Å². The number of hydrogen-bond acceptors (Lipinski definition) is 6. The van der Waals surface area contributed by atoms with Crippen molar-refractivity contribution in [1.82, 2.24) is 10.3 Å². The van der Waals surface area contributed by atoms with Gasteiger partial charge in [0, 0.05) is 5.69 Å². The number of hydrogen-bond donors (Lipinski definition) is 1. The Balaban J connectivity index is 1.90. The van der Waals surface area contributed by atoms with Crippen LogP contribution < -0.4 is 5.73 Å². The number of carbonyl (C=O) groups excluding carboxylic acids is 1. The first-order chi connectivity index (χ1) is 8.66. The Hall–Kier alpha value is -2.37. The third-order valence-electron chi connectivity index (χ3n) is 2.51. The molecule has 2 rings (SSSR count). The summed E-state index contributed by atoms with van der Waals surface area (Å²) in [6, 6.07) is 7.17. The van der Waals surface area contributed by atoms with E-state index in [-0.39, 0.29) is 19.0 Å². The lowest BCUT2D eigenvalue weighted by Gasteiger charge is -2.05. The molecule has 0 fully saturated rings. The van der Waals surface area contributed by atoms with Crippen LogP contribution in [-0.4, -0.2) is 16.3 Å². The minimum atomic E-state index is -0.365. The fourth-order valence-corrected chi connectivity index (χ4v) is 1.43. The van der Waals surface area contributed by atoms with Gasteiger partial charge in [0.25, 0.3) is 0 Å². The van der Waals surface area contributed by atoms with Crippen molar-refractivity contribution in [3.63, 3.8) is 0 Å². The van der Waals surface area contributed by atoms with Crippen molar-refractivity contribution in [2.24, 2.45) is 0 Å². The van der Waals surface area contributed by atoms with Crippen LogP contribution in [0.1, 0.15) is 17.0 Å². The summed E-state index contributed by atoms with van der Waals surface area (Å²) in [5.74, 6) is -0.365. The molecule has 0 radical (unpaired) electrons. The first kappa shape index (κ1) is 12.1. The maximum absolute atomic E-state index is 11.6. The van der Waals surface area contributed by atoms with Gasteiger partial charge in [0.15, 0.2) is 0 Å². The van der Waals surface area contributed by atoms with Crippen LogP contribution in [0, 0.1) is 6.92 Å². The molecule has 0 aliphatic heterocycles. The second kappa shape index (κ2) is 5.31. The van der Waals surface area contributed by atoms with Gasteiger partial charge in [0.1, 0.15) is 18.0 Å². The zero-order valence-electron chi connectivity index (χ0n) is 9.92. The standard InChI is InChI=1S/C12H13N3O3/c1-8-11(15-18-14-8)7-17-12(16)6-9-4-2-3-5-10(9)13/h2-5H,6-7,13H2,1H3. The molecule has 1 aromatic carbocycles. The van der Waals surface area contributed by atoms with Gasteiger partial charge >= 0.3 is 5.97 Å². The molecule has 0 spiro atoms. The first-order valence-electron chi connectivity index (χ1n) is 5.44. The quantitative estimate of drug-likeness (QED) is 0.645. The summed E-state index contributed by atoms with van der Waals surface area (Å²) in [6.07, 6.45) is 0.136. The van der Waals surface area contributed by atoms with Crippen LogP contribution in [0.25, 0.3) is 0 Å². The lowest BCUT2D eigenvalue weighted by atomic mass is 10.1. The van der Waals surface area contributed by atoms with Crippen LogP contribution in [0.15, 0.2) is 28.9 Å². The van der Waals surface area contributed by atoms with Crippen LogP contribution in [0.4, 0.5) is 5.69 Å². The molecule has 94 valence electrons. The summed E-state index contributed by atoms with van der Waals surface area (Å²) in [4.78, 5) is 11.6. The molecular weight excluding hydrogens is 234 g/mol. The van der Waals surface area contributed by atoms with E-state index in [1.54, 1.807) is 19.1 Å². The normalized spacial score (nSPS) is 10.3. The maximum Gasteiger partial charge on any atom is 0.310 e. The number of anilines is 1. The minimum Gasteiger partial charge on any atom is -0.459 e. The Morgan fingerprint density at radius 3 is 2.83 bits per heavy atom. The molecule has 0 saturated carbocycles. The van der Waals surface area contributed by atoms with E-state index in [1.807, 2.05) is 12.1 Å². The van der Waals surface area contributed by atoms with Crippen LogP contribution in [-0.2, 0) is 22.6 Å². The predicted octanol–water partition coefficient (Wildman–Crippen LogP) is 1.25. The highest BCUT2D eigenvalue weighted by atomic mass is 16.6. The molecule has 0 aliphatic carbocycles. The zero-order chi connectivity index (χ0) is 13.0. The Kier molecular flexibility index (Phi) is 3.57. The van der Waals surface area contributed by atoms with E-state index in [0.29, 0.717) is 17.1 Å². The van der Waals surface area contributed by atoms with Gasteiger partial charge in [0.2, 0.25) is 0 Å². The van der Waals surface area contributed by atoms with Gasteiger partial charge in [-0.2, -0.15) is 0 Å². The van der Waals surface area contributed by atoms with E-state index in [4.69, 9.17) is 10.5 Å². The summed E-state index contributed by atoms with van der Waals surface area (Å²) in [7, 11) is 0. The van der Waals surface area contributed by atoms with E-state index in [2.05, 4.69) is 14.9 Å². The molecule has 0 amide bonds. The number of esters is 1. The fraction of sp³-hybridized carbons (Fsp3) is 0.250. The molecule has 18 heavy (non-hydrogen) atoms. The van der Waals surface area contributed by atoms with Gasteiger partial charge in [-0.1, -0.05) is 28.5 Å².